The maximum absolute atomic E-state index is 13.1. The van der Waals surface area contributed by atoms with Gasteiger partial charge in [0.05, 0.1) is 23.3 Å². The smallest absolute Gasteiger partial charge is 0.241 e. The van der Waals surface area contributed by atoms with E-state index in [1.54, 1.807) is 19.1 Å². The predicted octanol–water partition coefficient (Wildman–Crippen LogP) is 3.67. The second-order valence-corrected chi connectivity index (χ2v) is 10.9. The minimum Gasteiger partial charge on any atom is -0.278 e. The van der Waals surface area contributed by atoms with Crippen LogP contribution in [0.3, 0.4) is 0 Å². The Morgan fingerprint density at radius 2 is 1.47 bits per heavy atom. The van der Waals surface area contributed by atoms with Crippen molar-refractivity contribution >= 4 is 21.8 Å². The van der Waals surface area contributed by atoms with Crippen LogP contribution in [0.25, 0.3) is 0 Å². The van der Waals surface area contributed by atoms with Gasteiger partial charge in [-0.25, -0.2) is 13.1 Å². The van der Waals surface area contributed by atoms with Crippen LogP contribution in [0.1, 0.15) is 75.3 Å². The summed E-state index contributed by atoms with van der Waals surface area (Å²) in [5.41, 5.74) is 1.36. The van der Waals surface area contributed by atoms with Gasteiger partial charge in [-0.2, -0.15) is 0 Å². The highest BCUT2D eigenvalue weighted by Gasteiger charge is 2.47. The Balaban J connectivity index is 1.53. The Morgan fingerprint density at radius 1 is 0.900 bits per heavy atom. The first kappa shape index (κ1) is 21.5. The molecule has 3 aliphatic rings. The van der Waals surface area contributed by atoms with Crippen molar-refractivity contribution in [3.8, 4) is 0 Å². The molecule has 0 aromatic heterocycles. The fraction of sp³-hybridized carbons (Fsp3) is 0.652. The molecular weight excluding hydrogens is 400 g/mol. The molecule has 1 aromatic carbocycles. The molecule has 30 heavy (non-hydrogen) atoms. The molecule has 4 rings (SSSR count). The third-order valence-electron chi connectivity index (χ3n) is 6.99. The second kappa shape index (κ2) is 8.79. The molecule has 0 bridgehead atoms. The standard InChI is InChI=1S/C23H32N2O4S/c1-16-12-13-17(15-25-22(26)19-10-6-7-11-20(19)23(25)27)14-21(16)30(28,29)24-18-8-4-2-3-5-9-18/h12-14,18-20,24H,2-11,15H2,1H3/t19-,20+. The van der Waals surface area contributed by atoms with Crippen LogP contribution in [-0.2, 0) is 26.2 Å². The average molecular weight is 433 g/mol. The van der Waals surface area contributed by atoms with Crippen molar-refractivity contribution in [2.75, 3.05) is 0 Å². The Bertz CT molecular complexity index is 895. The Kier molecular flexibility index (Phi) is 6.30. The van der Waals surface area contributed by atoms with Gasteiger partial charge in [0.15, 0.2) is 0 Å². The van der Waals surface area contributed by atoms with Crippen molar-refractivity contribution in [3.05, 3.63) is 29.3 Å². The molecule has 0 spiro atoms. The summed E-state index contributed by atoms with van der Waals surface area (Å²) >= 11 is 0. The lowest BCUT2D eigenvalue weighted by atomic mass is 9.81. The number of amides is 2. The minimum absolute atomic E-state index is 0.0228. The summed E-state index contributed by atoms with van der Waals surface area (Å²) in [7, 11) is -3.65. The van der Waals surface area contributed by atoms with Gasteiger partial charge in [-0.15, -0.1) is 0 Å². The van der Waals surface area contributed by atoms with Gasteiger partial charge in [-0.1, -0.05) is 50.7 Å². The van der Waals surface area contributed by atoms with Crippen LogP contribution in [0.2, 0.25) is 0 Å². The molecular formula is C23H32N2O4S. The van der Waals surface area contributed by atoms with Crippen molar-refractivity contribution in [1.29, 1.82) is 0 Å². The Hall–Kier alpha value is -1.73. The Labute approximate surface area is 179 Å². The largest absolute Gasteiger partial charge is 0.278 e. The summed E-state index contributed by atoms with van der Waals surface area (Å²) in [6.07, 6.45) is 9.71. The third kappa shape index (κ3) is 4.33. The first-order valence-electron chi connectivity index (χ1n) is 11.3. The van der Waals surface area contributed by atoms with Crippen LogP contribution in [0, 0.1) is 18.8 Å². The molecule has 2 amide bonds. The van der Waals surface area contributed by atoms with Gasteiger partial charge in [-0.3, -0.25) is 14.5 Å². The lowest BCUT2D eigenvalue weighted by Gasteiger charge is -2.19. The van der Waals surface area contributed by atoms with Gasteiger partial charge in [-0.05, 0) is 49.8 Å². The third-order valence-corrected chi connectivity index (χ3v) is 8.65. The monoisotopic (exact) mass is 432 g/mol. The van der Waals surface area contributed by atoms with Crippen LogP contribution < -0.4 is 4.72 Å². The molecule has 0 unspecified atom stereocenters. The molecule has 1 aromatic rings. The van der Waals surface area contributed by atoms with Gasteiger partial charge < -0.3 is 0 Å². The highest BCUT2D eigenvalue weighted by Crippen LogP contribution is 2.38. The maximum atomic E-state index is 13.1. The average Bonchev–Trinajstić information content (AvgIpc) is 2.89. The van der Waals surface area contributed by atoms with E-state index in [1.807, 2.05) is 6.07 Å². The van der Waals surface area contributed by atoms with E-state index in [0.717, 1.165) is 64.2 Å². The van der Waals surface area contributed by atoms with Gasteiger partial charge >= 0.3 is 0 Å². The van der Waals surface area contributed by atoms with Crippen molar-refractivity contribution in [2.45, 2.75) is 88.6 Å². The molecule has 6 nitrogen and oxygen atoms in total. The van der Waals surface area contributed by atoms with Crippen LogP contribution in [0.4, 0.5) is 0 Å². The van der Waals surface area contributed by atoms with Gasteiger partial charge in [0.2, 0.25) is 21.8 Å². The Morgan fingerprint density at radius 3 is 2.07 bits per heavy atom. The van der Waals surface area contributed by atoms with E-state index in [1.165, 1.54) is 4.90 Å². The number of carbonyl (C=O) groups excluding carboxylic acids is 2. The number of nitrogens with one attached hydrogen (secondary N) is 1. The number of hydrogen-bond donors (Lipinski definition) is 1. The molecule has 0 radical (unpaired) electrons. The zero-order valence-corrected chi connectivity index (χ0v) is 18.5. The van der Waals surface area contributed by atoms with Gasteiger partial charge in [0.1, 0.15) is 0 Å². The van der Waals surface area contributed by atoms with Crippen molar-refractivity contribution in [1.82, 2.24) is 9.62 Å². The van der Waals surface area contributed by atoms with Crippen molar-refractivity contribution < 1.29 is 18.0 Å². The molecule has 1 N–H and O–H groups in total. The van der Waals surface area contributed by atoms with Gasteiger partial charge in [0.25, 0.3) is 0 Å². The number of likely N-dealkylation sites (tertiary alicyclic amines) is 1. The highest BCUT2D eigenvalue weighted by atomic mass is 32.2. The van der Waals surface area contributed by atoms with Gasteiger partial charge in [0, 0.05) is 6.04 Å². The maximum Gasteiger partial charge on any atom is 0.241 e. The van der Waals surface area contributed by atoms with Crippen molar-refractivity contribution in [2.24, 2.45) is 11.8 Å². The second-order valence-electron chi connectivity index (χ2n) is 9.17. The zero-order valence-electron chi connectivity index (χ0n) is 17.7. The molecule has 1 aliphatic heterocycles. The quantitative estimate of drug-likeness (QED) is 0.568. The molecule has 3 fully saturated rings. The summed E-state index contributed by atoms with van der Waals surface area (Å²) in [5, 5.41) is 0. The number of sulfonamides is 1. The van der Waals surface area contributed by atoms with Crippen LogP contribution >= 0.6 is 0 Å². The summed E-state index contributed by atoms with van der Waals surface area (Å²) in [5.74, 6) is -0.550. The topological polar surface area (TPSA) is 83.6 Å². The van der Waals surface area contributed by atoms with E-state index in [4.69, 9.17) is 0 Å². The van der Waals surface area contributed by atoms with Crippen LogP contribution in [0.15, 0.2) is 23.1 Å². The first-order valence-corrected chi connectivity index (χ1v) is 12.8. The normalized spacial score (nSPS) is 26.0. The summed E-state index contributed by atoms with van der Waals surface area (Å²) in [4.78, 5) is 27.1. The van der Waals surface area contributed by atoms with E-state index in [-0.39, 0.29) is 41.1 Å². The summed E-state index contributed by atoms with van der Waals surface area (Å²) in [6, 6.07) is 5.21. The highest BCUT2D eigenvalue weighted by molar-refractivity contribution is 7.89. The number of carbonyl (C=O) groups is 2. The number of fused-ring (bicyclic) bond motifs is 1. The number of aryl methyl sites for hydroxylation is 1. The van der Waals surface area contributed by atoms with E-state index in [9.17, 15) is 18.0 Å². The van der Waals surface area contributed by atoms with E-state index in [2.05, 4.69) is 4.72 Å². The molecule has 164 valence electrons. The number of nitrogens with zero attached hydrogens (tertiary/aromatic N) is 1. The summed E-state index contributed by atoms with van der Waals surface area (Å²) < 4.78 is 29.1. The molecule has 1 heterocycles. The zero-order chi connectivity index (χ0) is 21.3. The van der Waals surface area contributed by atoms with Crippen LogP contribution in [0.5, 0.6) is 0 Å². The SMILES string of the molecule is Cc1ccc(CN2C(=O)[C@H]3CCCC[C@H]3C2=O)cc1S(=O)(=O)NC1CCCCCC1. The van der Waals surface area contributed by atoms with Crippen molar-refractivity contribution in [3.63, 3.8) is 0 Å². The van der Waals surface area contributed by atoms with Crippen LogP contribution in [-0.4, -0.2) is 31.2 Å². The molecule has 7 heteroatoms. The predicted molar refractivity (Wildman–Crippen MR) is 114 cm³/mol. The lowest BCUT2D eigenvalue weighted by Crippen LogP contribution is -2.35. The molecule has 2 atom stereocenters. The lowest BCUT2D eigenvalue weighted by molar-refractivity contribution is -0.140. The minimum atomic E-state index is -3.65. The number of benzene rings is 1. The number of rotatable bonds is 5. The first-order chi connectivity index (χ1) is 14.4. The fourth-order valence-corrected chi connectivity index (χ4v) is 6.88. The summed E-state index contributed by atoms with van der Waals surface area (Å²) in [6.45, 7) is 1.93. The van der Waals surface area contributed by atoms with E-state index < -0.39 is 10.0 Å². The van der Waals surface area contributed by atoms with E-state index in [0.29, 0.717) is 11.1 Å². The van der Waals surface area contributed by atoms with E-state index >= 15 is 0 Å². The molecule has 2 aliphatic carbocycles. The number of imide groups is 1. The molecule has 1 saturated heterocycles. The molecule has 2 saturated carbocycles. The fourth-order valence-electron chi connectivity index (χ4n) is 5.28. The number of hydrogen-bond acceptors (Lipinski definition) is 4.